The molecule has 1 amide bonds. The second-order valence-electron chi connectivity index (χ2n) is 6.87. The standard InChI is InChI=1S/C17H24N2OS/c1-17(2,3)14-8-10-19(11-9-14)16(20)13-6-4-12(5-7-13)15(18)21/h4-7,14H,8-11H2,1-3H3,(H2,18,21). The number of carbonyl (C=O) groups is 1. The molecule has 114 valence electrons. The first-order valence-corrected chi connectivity index (χ1v) is 7.89. The molecule has 1 heterocycles. The lowest BCUT2D eigenvalue weighted by Gasteiger charge is -2.38. The van der Waals surface area contributed by atoms with E-state index in [2.05, 4.69) is 20.8 Å². The second-order valence-corrected chi connectivity index (χ2v) is 7.31. The molecule has 3 nitrogen and oxygen atoms in total. The number of hydrogen-bond donors (Lipinski definition) is 1. The van der Waals surface area contributed by atoms with Gasteiger partial charge in [-0.25, -0.2) is 0 Å². The van der Waals surface area contributed by atoms with Gasteiger partial charge in [0.1, 0.15) is 4.99 Å². The Balaban J connectivity index is 2.00. The van der Waals surface area contributed by atoms with Gasteiger partial charge in [-0.15, -0.1) is 0 Å². The van der Waals surface area contributed by atoms with Gasteiger partial charge in [0.2, 0.25) is 0 Å². The highest BCUT2D eigenvalue weighted by molar-refractivity contribution is 7.80. The number of hydrogen-bond acceptors (Lipinski definition) is 2. The van der Waals surface area contributed by atoms with Crippen molar-refractivity contribution in [1.82, 2.24) is 4.90 Å². The lowest BCUT2D eigenvalue weighted by Crippen LogP contribution is -2.41. The van der Waals surface area contributed by atoms with Gasteiger partial charge in [-0.1, -0.05) is 45.1 Å². The largest absolute Gasteiger partial charge is 0.389 e. The normalized spacial score (nSPS) is 16.8. The summed E-state index contributed by atoms with van der Waals surface area (Å²) in [6, 6.07) is 7.26. The molecule has 0 saturated carbocycles. The number of piperidine rings is 1. The average Bonchev–Trinajstić information content (AvgIpc) is 2.46. The summed E-state index contributed by atoms with van der Waals surface area (Å²) in [6.45, 7) is 8.53. The molecule has 4 heteroatoms. The molecular formula is C17H24N2OS. The zero-order chi connectivity index (χ0) is 15.6. The van der Waals surface area contributed by atoms with E-state index in [4.69, 9.17) is 18.0 Å². The third-order valence-corrected chi connectivity index (χ3v) is 4.66. The minimum absolute atomic E-state index is 0.108. The quantitative estimate of drug-likeness (QED) is 0.853. The van der Waals surface area contributed by atoms with Gasteiger partial charge in [0, 0.05) is 24.2 Å². The van der Waals surface area contributed by atoms with E-state index in [1.807, 2.05) is 29.2 Å². The lowest BCUT2D eigenvalue weighted by molar-refractivity contribution is 0.0609. The predicted molar refractivity (Wildman–Crippen MR) is 90.4 cm³/mol. The van der Waals surface area contributed by atoms with Crippen molar-refractivity contribution in [3.63, 3.8) is 0 Å². The highest BCUT2D eigenvalue weighted by Crippen LogP contribution is 2.34. The van der Waals surface area contributed by atoms with Crippen LogP contribution < -0.4 is 5.73 Å². The Hall–Kier alpha value is -1.42. The Kier molecular flexibility index (Phi) is 4.67. The zero-order valence-corrected chi connectivity index (χ0v) is 13.9. The Morgan fingerprint density at radius 1 is 1.14 bits per heavy atom. The number of rotatable bonds is 2. The fourth-order valence-electron chi connectivity index (χ4n) is 2.91. The fraction of sp³-hybridized carbons (Fsp3) is 0.529. The molecule has 0 bridgehead atoms. The van der Waals surface area contributed by atoms with E-state index in [-0.39, 0.29) is 5.91 Å². The van der Waals surface area contributed by atoms with Crippen molar-refractivity contribution in [1.29, 1.82) is 0 Å². The first-order valence-electron chi connectivity index (χ1n) is 7.48. The molecule has 0 spiro atoms. The van der Waals surface area contributed by atoms with Crippen LogP contribution >= 0.6 is 12.2 Å². The van der Waals surface area contributed by atoms with E-state index >= 15 is 0 Å². The number of nitrogens with two attached hydrogens (primary N) is 1. The summed E-state index contributed by atoms with van der Waals surface area (Å²) in [5, 5.41) is 0. The van der Waals surface area contributed by atoms with Gasteiger partial charge >= 0.3 is 0 Å². The van der Waals surface area contributed by atoms with Crippen molar-refractivity contribution in [2.24, 2.45) is 17.1 Å². The first-order chi connectivity index (χ1) is 9.79. The molecule has 0 aromatic heterocycles. The monoisotopic (exact) mass is 304 g/mol. The Morgan fingerprint density at radius 3 is 2.05 bits per heavy atom. The molecular weight excluding hydrogens is 280 g/mol. The summed E-state index contributed by atoms with van der Waals surface area (Å²) in [6.07, 6.45) is 2.17. The minimum Gasteiger partial charge on any atom is -0.389 e. The van der Waals surface area contributed by atoms with Crippen molar-refractivity contribution >= 4 is 23.1 Å². The molecule has 0 atom stereocenters. The van der Waals surface area contributed by atoms with Gasteiger partial charge in [-0.3, -0.25) is 4.79 Å². The summed E-state index contributed by atoms with van der Waals surface area (Å²) in [5.74, 6) is 0.801. The van der Waals surface area contributed by atoms with Gasteiger partial charge in [0.15, 0.2) is 0 Å². The van der Waals surface area contributed by atoms with Gasteiger partial charge in [-0.05, 0) is 36.3 Å². The summed E-state index contributed by atoms with van der Waals surface area (Å²) in [7, 11) is 0. The van der Waals surface area contributed by atoms with Crippen molar-refractivity contribution in [2.75, 3.05) is 13.1 Å². The fourth-order valence-corrected chi connectivity index (χ4v) is 3.04. The maximum absolute atomic E-state index is 12.5. The highest BCUT2D eigenvalue weighted by atomic mass is 32.1. The van der Waals surface area contributed by atoms with Crippen LogP contribution in [0.5, 0.6) is 0 Å². The Labute approximate surface area is 132 Å². The molecule has 1 aromatic rings. The second kappa shape index (κ2) is 6.14. The number of benzene rings is 1. The van der Waals surface area contributed by atoms with E-state index < -0.39 is 0 Å². The van der Waals surface area contributed by atoms with Crippen molar-refractivity contribution < 1.29 is 4.79 Å². The first kappa shape index (κ1) is 16.0. The van der Waals surface area contributed by atoms with Crippen LogP contribution in [0.2, 0.25) is 0 Å². The maximum atomic E-state index is 12.5. The summed E-state index contributed by atoms with van der Waals surface area (Å²) in [5.41, 5.74) is 7.41. The average molecular weight is 304 g/mol. The third-order valence-electron chi connectivity index (χ3n) is 4.42. The predicted octanol–water partition coefficient (Wildman–Crippen LogP) is 3.22. The van der Waals surface area contributed by atoms with Crippen molar-refractivity contribution in [2.45, 2.75) is 33.6 Å². The summed E-state index contributed by atoms with van der Waals surface area (Å²) in [4.78, 5) is 14.8. The molecule has 1 saturated heterocycles. The number of thiocarbonyl (C=S) groups is 1. The van der Waals surface area contributed by atoms with Gasteiger partial charge in [0.25, 0.3) is 5.91 Å². The molecule has 1 aliphatic rings. The summed E-state index contributed by atoms with van der Waals surface area (Å²) >= 11 is 4.93. The van der Waals surface area contributed by atoms with E-state index in [9.17, 15) is 4.79 Å². The molecule has 1 aromatic carbocycles. The van der Waals surface area contributed by atoms with E-state index in [1.54, 1.807) is 0 Å². The van der Waals surface area contributed by atoms with E-state index in [1.165, 1.54) is 0 Å². The topological polar surface area (TPSA) is 46.3 Å². The third kappa shape index (κ3) is 3.82. The van der Waals surface area contributed by atoms with Crippen LogP contribution in [-0.4, -0.2) is 28.9 Å². The van der Waals surface area contributed by atoms with E-state index in [0.717, 1.165) is 31.5 Å². The molecule has 1 aliphatic heterocycles. The van der Waals surface area contributed by atoms with Gasteiger partial charge < -0.3 is 10.6 Å². The highest BCUT2D eigenvalue weighted by Gasteiger charge is 2.30. The molecule has 0 aliphatic carbocycles. The maximum Gasteiger partial charge on any atom is 0.253 e. The number of amides is 1. The number of nitrogens with zero attached hydrogens (tertiary/aromatic N) is 1. The number of likely N-dealkylation sites (tertiary alicyclic amines) is 1. The van der Waals surface area contributed by atoms with Crippen LogP contribution in [0, 0.1) is 11.3 Å². The zero-order valence-electron chi connectivity index (χ0n) is 13.1. The molecule has 2 N–H and O–H groups in total. The van der Waals surface area contributed by atoms with Crippen LogP contribution in [0.3, 0.4) is 0 Å². The Morgan fingerprint density at radius 2 is 1.62 bits per heavy atom. The van der Waals surface area contributed by atoms with Crippen LogP contribution in [-0.2, 0) is 0 Å². The lowest BCUT2D eigenvalue weighted by atomic mass is 9.75. The molecule has 21 heavy (non-hydrogen) atoms. The molecule has 1 fully saturated rings. The summed E-state index contributed by atoms with van der Waals surface area (Å²) < 4.78 is 0. The van der Waals surface area contributed by atoms with Crippen LogP contribution in [0.25, 0.3) is 0 Å². The van der Waals surface area contributed by atoms with Crippen LogP contribution in [0.4, 0.5) is 0 Å². The van der Waals surface area contributed by atoms with Gasteiger partial charge in [-0.2, -0.15) is 0 Å². The molecule has 2 rings (SSSR count). The Bertz CT molecular complexity index is 523. The van der Waals surface area contributed by atoms with Gasteiger partial charge in [0.05, 0.1) is 0 Å². The number of carbonyl (C=O) groups excluding carboxylic acids is 1. The van der Waals surface area contributed by atoms with Crippen molar-refractivity contribution in [3.05, 3.63) is 35.4 Å². The molecule has 0 radical (unpaired) electrons. The molecule has 0 unspecified atom stereocenters. The smallest absolute Gasteiger partial charge is 0.253 e. The van der Waals surface area contributed by atoms with Crippen LogP contribution in [0.1, 0.15) is 49.5 Å². The van der Waals surface area contributed by atoms with Crippen LogP contribution in [0.15, 0.2) is 24.3 Å². The SMILES string of the molecule is CC(C)(C)C1CCN(C(=O)c2ccc(C(N)=S)cc2)CC1. The minimum atomic E-state index is 0.108. The van der Waals surface area contributed by atoms with Crippen molar-refractivity contribution in [3.8, 4) is 0 Å². The van der Waals surface area contributed by atoms with E-state index in [0.29, 0.717) is 21.9 Å².